The number of hydrogen-bond donors (Lipinski definition) is 1. The average molecular weight is 332 g/mol. The van der Waals surface area contributed by atoms with Gasteiger partial charge >= 0.3 is 0 Å². The standard InChI is InChI=1S/C18H22ClN3O/c1-13(2)3-8-18-17(21)11-15(12-20)22(18)9-10-23-16-6-4-14(19)5-7-16/h4-7,11,13H,3,8-10,21H2,1-2H3. The van der Waals surface area contributed by atoms with Crippen LogP contribution >= 0.6 is 11.6 Å². The molecule has 1 aromatic carbocycles. The molecule has 2 aromatic rings. The molecule has 0 saturated heterocycles. The third-order valence-corrected chi connectivity index (χ3v) is 3.96. The summed E-state index contributed by atoms with van der Waals surface area (Å²) in [5.41, 5.74) is 8.37. The van der Waals surface area contributed by atoms with E-state index in [1.807, 2.05) is 16.7 Å². The van der Waals surface area contributed by atoms with Gasteiger partial charge in [0, 0.05) is 10.7 Å². The van der Waals surface area contributed by atoms with Gasteiger partial charge in [0.15, 0.2) is 0 Å². The van der Waals surface area contributed by atoms with Crippen LogP contribution in [0.1, 0.15) is 31.7 Å². The number of nitrogens with two attached hydrogens (primary N) is 1. The zero-order valence-corrected chi connectivity index (χ0v) is 14.3. The zero-order chi connectivity index (χ0) is 16.8. The van der Waals surface area contributed by atoms with E-state index in [0.29, 0.717) is 35.5 Å². The first kappa shape index (κ1) is 17.2. The van der Waals surface area contributed by atoms with Gasteiger partial charge in [0.1, 0.15) is 24.1 Å². The van der Waals surface area contributed by atoms with Crippen molar-refractivity contribution in [2.45, 2.75) is 33.2 Å². The highest BCUT2D eigenvalue weighted by Crippen LogP contribution is 2.22. The second kappa shape index (κ2) is 7.94. The lowest BCUT2D eigenvalue weighted by atomic mass is 10.1. The van der Waals surface area contributed by atoms with E-state index in [2.05, 4.69) is 19.9 Å². The van der Waals surface area contributed by atoms with Crippen molar-refractivity contribution in [3.8, 4) is 11.8 Å². The number of nitriles is 1. The smallest absolute Gasteiger partial charge is 0.122 e. The van der Waals surface area contributed by atoms with Crippen LogP contribution in [0.25, 0.3) is 0 Å². The van der Waals surface area contributed by atoms with Gasteiger partial charge in [-0.1, -0.05) is 25.4 Å². The van der Waals surface area contributed by atoms with E-state index in [1.54, 1.807) is 18.2 Å². The number of aromatic nitrogens is 1. The Kier molecular flexibility index (Phi) is 5.95. The van der Waals surface area contributed by atoms with Gasteiger partial charge in [-0.2, -0.15) is 5.26 Å². The molecular formula is C18H22ClN3O. The molecule has 5 heteroatoms. The van der Waals surface area contributed by atoms with Gasteiger partial charge in [-0.05, 0) is 49.1 Å². The van der Waals surface area contributed by atoms with E-state index in [0.717, 1.165) is 24.3 Å². The van der Waals surface area contributed by atoms with Crippen LogP contribution in [0.5, 0.6) is 5.75 Å². The molecule has 0 saturated carbocycles. The Morgan fingerprint density at radius 3 is 2.61 bits per heavy atom. The normalized spacial score (nSPS) is 10.7. The lowest BCUT2D eigenvalue weighted by molar-refractivity contribution is 0.296. The molecular weight excluding hydrogens is 310 g/mol. The molecule has 0 aliphatic carbocycles. The van der Waals surface area contributed by atoms with Crippen molar-refractivity contribution < 1.29 is 4.74 Å². The first-order valence-electron chi connectivity index (χ1n) is 7.77. The topological polar surface area (TPSA) is 64.0 Å². The molecule has 2 rings (SSSR count). The Morgan fingerprint density at radius 2 is 2.00 bits per heavy atom. The highest BCUT2D eigenvalue weighted by Gasteiger charge is 2.13. The first-order chi connectivity index (χ1) is 11.0. The summed E-state index contributed by atoms with van der Waals surface area (Å²) >= 11 is 5.86. The molecule has 1 aromatic heterocycles. The van der Waals surface area contributed by atoms with Crippen LogP contribution in [0.15, 0.2) is 30.3 Å². The molecule has 0 unspecified atom stereocenters. The fourth-order valence-corrected chi connectivity index (χ4v) is 2.57. The van der Waals surface area contributed by atoms with Gasteiger partial charge in [-0.3, -0.25) is 0 Å². The van der Waals surface area contributed by atoms with Crippen LogP contribution in [0.4, 0.5) is 5.69 Å². The van der Waals surface area contributed by atoms with Crippen LogP contribution in [0.2, 0.25) is 5.02 Å². The quantitative estimate of drug-likeness (QED) is 0.824. The summed E-state index contributed by atoms with van der Waals surface area (Å²) in [6.07, 6.45) is 1.91. The SMILES string of the molecule is CC(C)CCc1c(N)cc(C#N)n1CCOc1ccc(Cl)cc1. The molecule has 0 spiro atoms. The van der Waals surface area contributed by atoms with Crippen molar-refractivity contribution in [2.24, 2.45) is 5.92 Å². The molecule has 23 heavy (non-hydrogen) atoms. The maximum absolute atomic E-state index is 9.30. The van der Waals surface area contributed by atoms with Gasteiger partial charge in [0.2, 0.25) is 0 Å². The average Bonchev–Trinajstić information content (AvgIpc) is 2.82. The molecule has 0 aliphatic heterocycles. The molecule has 0 bridgehead atoms. The minimum absolute atomic E-state index is 0.471. The highest BCUT2D eigenvalue weighted by atomic mass is 35.5. The molecule has 0 atom stereocenters. The van der Waals surface area contributed by atoms with Crippen molar-refractivity contribution in [2.75, 3.05) is 12.3 Å². The predicted molar refractivity (Wildman–Crippen MR) is 93.7 cm³/mol. The van der Waals surface area contributed by atoms with E-state index in [4.69, 9.17) is 22.1 Å². The van der Waals surface area contributed by atoms with Crippen LogP contribution in [-0.2, 0) is 13.0 Å². The van der Waals surface area contributed by atoms with E-state index >= 15 is 0 Å². The monoisotopic (exact) mass is 331 g/mol. The second-order valence-electron chi connectivity index (χ2n) is 5.93. The summed E-state index contributed by atoms with van der Waals surface area (Å²) in [5, 5.41) is 9.98. The predicted octanol–water partition coefficient (Wildman–Crippen LogP) is 4.26. The number of ether oxygens (including phenoxy) is 1. The first-order valence-corrected chi connectivity index (χ1v) is 8.15. The number of nitrogens with zero attached hydrogens (tertiary/aromatic N) is 2. The summed E-state index contributed by atoms with van der Waals surface area (Å²) in [6, 6.07) is 11.2. The summed E-state index contributed by atoms with van der Waals surface area (Å²) < 4.78 is 7.69. The van der Waals surface area contributed by atoms with E-state index in [1.165, 1.54) is 0 Å². The molecule has 0 amide bonds. The van der Waals surface area contributed by atoms with Gasteiger partial charge in [0.25, 0.3) is 0 Å². The molecule has 0 radical (unpaired) electrons. The highest BCUT2D eigenvalue weighted by molar-refractivity contribution is 6.30. The number of anilines is 1. The van der Waals surface area contributed by atoms with Crippen LogP contribution < -0.4 is 10.5 Å². The molecule has 4 nitrogen and oxygen atoms in total. The van der Waals surface area contributed by atoms with Crippen molar-refractivity contribution in [1.82, 2.24) is 4.57 Å². The third kappa shape index (κ3) is 4.67. The van der Waals surface area contributed by atoms with Crippen molar-refractivity contribution in [3.63, 3.8) is 0 Å². The number of benzene rings is 1. The second-order valence-corrected chi connectivity index (χ2v) is 6.37. The molecule has 122 valence electrons. The Hall–Kier alpha value is -2.12. The minimum atomic E-state index is 0.471. The maximum atomic E-state index is 9.30. The van der Waals surface area contributed by atoms with Gasteiger partial charge in [-0.15, -0.1) is 0 Å². The third-order valence-electron chi connectivity index (χ3n) is 3.71. The van der Waals surface area contributed by atoms with Gasteiger partial charge in [0.05, 0.1) is 12.2 Å². The van der Waals surface area contributed by atoms with Crippen LogP contribution in [-0.4, -0.2) is 11.2 Å². The van der Waals surface area contributed by atoms with Crippen LogP contribution in [0, 0.1) is 17.2 Å². The summed E-state index contributed by atoms with van der Waals surface area (Å²) in [4.78, 5) is 0. The maximum Gasteiger partial charge on any atom is 0.122 e. The number of hydrogen-bond acceptors (Lipinski definition) is 3. The van der Waals surface area contributed by atoms with E-state index < -0.39 is 0 Å². The van der Waals surface area contributed by atoms with E-state index in [9.17, 15) is 5.26 Å². The Labute approximate surface area is 142 Å². The Bertz CT molecular complexity index is 684. The van der Waals surface area contributed by atoms with Crippen molar-refractivity contribution in [3.05, 3.63) is 46.7 Å². The lowest BCUT2D eigenvalue weighted by Crippen LogP contribution is -2.13. The molecule has 1 heterocycles. The molecule has 0 fully saturated rings. The summed E-state index contributed by atoms with van der Waals surface area (Å²) in [5.74, 6) is 1.35. The minimum Gasteiger partial charge on any atom is -0.492 e. The largest absolute Gasteiger partial charge is 0.492 e. The summed E-state index contributed by atoms with van der Waals surface area (Å²) in [7, 11) is 0. The Morgan fingerprint density at radius 1 is 1.30 bits per heavy atom. The number of nitrogen functional groups attached to an aromatic ring is 1. The Balaban J connectivity index is 2.05. The van der Waals surface area contributed by atoms with Gasteiger partial charge < -0.3 is 15.0 Å². The number of rotatable bonds is 7. The fraction of sp³-hybridized carbons (Fsp3) is 0.389. The van der Waals surface area contributed by atoms with Crippen molar-refractivity contribution in [1.29, 1.82) is 5.26 Å². The molecule has 0 aliphatic rings. The van der Waals surface area contributed by atoms with Crippen LogP contribution in [0.3, 0.4) is 0 Å². The fourth-order valence-electron chi connectivity index (χ4n) is 2.45. The number of halogens is 1. The van der Waals surface area contributed by atoms with Gasteiger partial charge in [-0.25, -0.2) is 0 Å². The summed E-state index contributed by atoms with van der Waals surface area (Å²) in [6.45, 7) is 5.42. The van der Waals surface area contributed by atoms with Crippen molar-refractivity contribution >= 4 is 17.3 Å². The van der Waals surface area contributed by atoms with E-state index in [-0.39, 0.29) is 0 Å². The lowest BCUT2D eigenvalue weighted by Gasteiger charge is -2.13. The molecule has 2 N–H and O–H groups in total. The zero-order valence-electron chi connectivity index (χ0n) is 13.6.